The van der Waals surface area contributed by atoms with E-state index in [4.69, 9.17) is 4.74 Å². The Morgan fingerprint density at radius 2 is 1.88 bits per heavy atom. The molecule has 4 heteroatoms. The second-order valence-corrected chi connectivity index (χ2v) is 4.66. The van der Waals surface area contributed by atoms with Crippen molar-refractivity contribution in [1.29, 1.82) is 0 Å². The Balaban J connectivity index is 2.76. The van der Waals surface area contributed by atoms with Gasteiger partial charge in [-0.05, 0) is 38.0 Å². The van der Waals surface area contributed by atoms with Gasteiger partial charge in [0.05, 0.1) is 6.61 Å². The Kier molecular flexibility index (Phi) is 5.35. The summed E-state index contributed by atoms with van der Waals surface area (Å²) in [6.07, 6.45) is 0.390. The van der Waals surface area contributed by atoms with Crippen molar-refractivity contribution in [3.8, 4) is 0 Å². The second kappa shape index (κ2) is 6.55. The van der Waals surface area contributed by atoms with E-state index in [0.717, 1.165) is 10.0 Å². The highest BCUT2D eigenvalue weighted by Crippen LogP contribution is 2.15. The fourth-order valence-corrected chi connectivity index (χ4v) is 1.76. The Hall–Kier alpha value is -1.16. The van der Waals surface area contributed by atoms with Crippen molar-refractivity contribution < 1.29 is 14.3 Å². The summed E-state index contributed by atoms with van der Waals surface area (Å²) in [4.78, 5) is 23.0. The van der Waals surface area contributed by atoms with Gasteiger partial charge in [0.2, 0.25) is 0 Å². The summed E-state index contributed by atoms with van der Waals surface area (Å²) in [5, 5.41) is 0. The first kappa shape index (κ1) is 13.9. The van der Waals surface area contributed by atoms with E-state index in [1.165, 1.54) is 6.92 Å². The minimum absolute atomic E-state index is 0.161. The third kappa shape index (κ3) is 4.30. The Bertz CT molecular complexity index is 398. The van der Waals surface area contributed by atoms with Crippen molar-refractivity contribution in [2.24, 2.45) is 5.92 Å². The van der Waals surface area contributed by atoms with Gasteiger partial charge < -0.3 is 4.74 Å². The molecule has 1 unspecified atom stereocenters. The maximum Gasteiger partial charge on any atom is 0.316 e. The average Bonchev–Trinajstić information content (AvgIpc) is 2.28. The van der Waals surface area contributed by atoms with Crippen molar-refractivity contribution in [3.63, 3.8) is 0 Å². The molecule has 0 heterocycles. The molecule has 0 spiro atoms. The molecular formula is C13H15BrO3. The average molecular weight is 299 g/mol. The van der Waals surface area contributed by atoms with E-state index in [1.54, 1.807) is 6.92 Å². The van der Waals surface area contributed by atoms with Crippen LogP contribution >= 0.6 is 15.9 Å². The molecule has 1 rings (SSSR count). The van der Waals surface area contributed by atoms with Gasteiger partial charge in [-0.2, -0.15) is 0 Å². The second-order valence-electron chi connectivity index (χ2n) is 3.75. The zero-order chi connectivity index (χ0) is 12.8. The van der Waals surface area contributed by atoms with Crippen molar-refractivity contribution in [2.45, 2.75) is 20.3 Å². The van der Waals surface area contributed by atoms with Crippen LogP contribution in [0.3, 0.4) is 0 Å². The normalized spacial score (nSPS) is 11.9. The largest absolute Gasteiger partial charge is 0.465 e. The van der Waals surface area contributed by atoms with Gasteiger partial charge >= 0.3 is 5.97 Å². The van der Waals surface area contributed by atoms with Crippen LogP contribution in [0.15, 0.2) is 28.7 Å². The SMILES string of the molecule is CCOC(=O)C(Cc1ccc(Br)cc1)C(C)=O. The summed E-state index contributed by atoms with van der Waals surface area (Å²) < 4.78 is 5.86. The number of Topliss-reactive ketones (excluding diaryl/α,β-unsaturated/α-hetero) is 1. The molecule has 0 aromatic heterocycles. The molecule has 0 aliphatic carbocycles. The standard InChI is InChI=1S/C13H15BrO3/c1-3-17-13(16)12(9(2)15)8-10-4-6-11(14)7-5-10/h4-7,12H,3,8H2,1-2H3. The first-order chi connectivity index (χ1) is 8.04. The fourth-order valence-electron chi connectivity index (χ4n) is 1.49. The molecule has 0 amide bonds. The minimum atomic E-state index is -0.698. The van der Waals surface area contributed by atoms with E-state index in [-0.39, 0.29) is 5.78 Å². The molecule has 1 aromatic carbocycles. The Morgan fingerprint density at radius 1 is 1.29 bits per heavy atom. The minimum Gasteiger partial charge on any atom is -0.465 e. The van der Waals surface area contributed by atoms with Gasteiger partial charge in [-0.15, -0.1) is 0 Å². The van der Waals surface area contributed by atoms with Crippen LogP contribution in [0.4, 0.5) is 0 Å². The molecule has 0 fully saturated rings. The van der Waals surface area contributed by atoms with E-state index in [1.807, 2.05) is 24.3 Å². The molecule has 3 nitrogen and oxygen atoms in total. The van der Waals surface area contributed by atoms with Crippen LogP contribution in [0, 0.1) is 5.92 Å². The number of ketones is 1. The number of hydrogen-bond donors (Lipinski definition) is 0. The summed E-state index contributed by atoms with van der Waals surface area (Å²) in [5.41, 5.74) is 0.946. The zero-order valence-electron chi connectivity index (χ0n) is 9.90. The first-order valence-electron chi connectivity index (χ1n) is 5.46. The van der Waals surface area contributed by atoms with Gasteiger partial charge in [0.1, 0.15) is 11.7 Å². The van der Waals surface area contributed by atoms with Gasteiger partial charge in [-0.1, -0.05) is 28.1 Å². The molecule has 17 heavy (non-hydrogen) atoms. The van der Waals surface area contributed by atoms with Crippen molar-refractivity contribution >= 4 is 27.7 Å². The molecule has 0 saturated carbocycles. The van der Waals surface area contributed by atoms with Crippen LogP contribution in [0.2, 0.25) is 0 Å². The number of benzene rings is 1. The summed E-state index contributed by atoms with van der Waals surface area (Å²) >= 11 is 3.34. The summed E-state index contributed by atoms with van der Waals surface area (Å²) in [6.45, 7) is 3.44. The Morgan fingerprint density at radius 3 is 2.35 bits per heavy atom. The monoisotopic (exact) mass is 298 g/mol. The molecule has 92 valence electrons. The molecule has 0 aliphatic rings. The van der Waals surface area contributed by atoms with E-state index in [0.29, 0.717) is 13.0 Å². The number of halogens is 1. The van der Waals surface area contributed by atoms with Gasteiger partial charge in [-0.3, -0.25) is 9.59 Å². The fraction of sp³-hybridized carbons (Fsp3) is 0.385. The molecule has 0 radical (unpaired) electrons. The number of carbonyl (C=O) groups is 2. The Labute approximate surface area is 109 Å². The van der Waals surface area contributed by atoms with Gasteiger partial charge in [0.25, 0.3) is 0 Å². The van der Waals surface area contributed by atoms with Gasteiger partial charge in [-0.25, -0.2) is 0 Å². The third-order valence-electron chi connectivity index (χ3n) is 2.41. The van der Waals surface area contributed by atoms with E-state index in [9.17, 15) is 9.59 Å². The van der Waals surface area contributed by atoms with Gasteiger partial charge in [0.15, 0.2) is 0 Å². The van der Waals surface area contributed by atoms with Crippen molar-refractivity contribution in [2.75, 3.05) is 6.61 Å². The quantitative estimate of drug-likeness (QED) is 0.620. The maximum absolute atomic E-state index is 11.6. The lowest BCUT2D eigenvalue weighted by Gasteiger charge is -2.12. The van der Waals surface area contributed by atoms with Gasteiger partial charge in [0, 0.05) is 4.47 Å². The molecule has 1 atom stereocenters. The highest BCUT2D eigenvalue weighted by Gasteiger charge is 2.24. The summed E-state index contributed by atoms with van der Waals surface area (Å²) in [7, 11) is 0. The topological polar surface area (TPSA) is 43.4 Å². The van der Waals surface area contributed by atoms with Crippen molar-refractivity contribution in [1.82, 2.24) is 0 Å². The molecule has 0 bridgehead atoms. The highest BCUT2D eigenvalue weighted by molar-refractivity contribution is 9.10. The zero-order valence-corrected chi connectivity index (χ0v) is 11.5. The summed E-state index contributed by atoms with van der Waals surface area (Å²) in [6, 6.07) is 7.55. The van der Waals surface area contributed by atoms with Crippen LogP contribution in [-0.2, 0) is 20.7 Å². The van der Waals surface area contributed by atoms with Crippen LogP contribution in [0.5, 0.6) is 0 Å². The van der Waals surface area contributed by atoms with Crippen molar-refractivity contribution in [3.05, 3.63) is 34.3 Å². The number of hydrogen-bond acceptors (Lipinski definition) is 3. The summed E-state index contributed by atoms with van der Waals surface area (Å²) in [5.74, 6) is -1.30. The molecule has 1 aromatic rings. The number of ether oxygens (including phenoxy) is 1. The van der Waals surface area contributed by atoms with E-state index < -0.39 is 11.9 Å². The van der Waals surface area contributed by atoms with E-state index >= 15 is 0 Å². The predicted molar refractivity (Wildman–Crippen MR) is 68.7 cm³/mol. The lowest BCUT2D eigenvalue weighted by atomic mass is 9.96. The number of rotatable bonds is 5. The maximum atomic E-state index is 11.6. The molecule has 0 aliphatic heterocycles. The number of esters is 1. The third-order valence-corrected chi connectivity index (χ3v) is 2.94. The molecular weight excluding hydrogens is 284 g/mol. The van der Waals surface area contributed by atoms with E-state index in [2.05, 4.69) is 15.9 Å². The highest BCUT2D eigenvalue weighted by atomic mass is 79.9. The number of carbonyl (C=O) groups excluding carboxylic acids is 2. The lowest BCUT2D eigenvalue weighted by Crippen LogP contribution is -2.26. The molecule has 0 saturated heterocycles. The first-order valence-corrected chi connectivity index (χ1v) is 6.25. The molecule has 0 N–H and O–H groups in total. The van der Waals surface area contributed by atoms with Crippen LogP contribution in [0.1, 0.15) is 19.4 Å². The lowest BCUT2D eigenvalue weighted by molar-refractivity contribution is -0.151. The van der Waals surface area contributed by atoms with Crippen LogP contribution < -0.4 is 0 Å². The smallest absolute Gasteiger partial charge is 0.316 e. The van der Waals surface area contributed by atoms with Crippen LogP contribution in [0.25, 0.3) is 0 Å². The van der Waals surface area contributed by atoms with Crippen LogP contribution in [-0.4, -0.2) is 18.4 Å². The predicted octanol–water partition coefficient (Wildman–Crippen LogP) is 2.76.